The van der Waals surface area contributed by atoms with Gasteiger partial charge >= 0.3 is 6.09 Å². The van der Waals surface area contributed by atoms with Crippen molar-refractivity contribution in [1.29, 1.82) is 0 Å². The molecule has 0 spiro atoms. The Balaban J connectivity index is 1.03. The number of ether oxygens (including phenoxy) is 2. The van der Waals surface area contributed by atoms with Crippen LogP contribution in [-0.4, -0.2) is 77.4 Å². The van der Waals surface area contributed by atoms with Gasteiger partial charge in [-0.05, 0) is 40.0 Å². The van der Waals surface area contributed by atoms with Crippen molar-refractivity contribution in [3.8, 4) is 22.0 Å². The molecule has 42 heavy (non-hydrogen) atoms. The van der Waals surface area contributed by atoms with Crippen LogP contribution in [0.25, 0.3) is 31.6 Å². The van der Waals surface area contributed by atoms with Gasteiger partial charge in [0.25, 0.3) is 0 Å². The molecular weight excluding hydrogens is 573 g/mol. The second-order valence-electron chi connectivity index (χ2n) is 12.3. The largest absolute Gasteiger partial charge is 0.597 e. The van der Waals surface area contributed by atoms with E-state index in [0.717, 1.165) is 88.3 Å². The van der Waals surface area contributed by atoms with Crippen molar-refractivity contribution in [2.24, 2.45) is 0 Å². The van der Waals surface area contributed by atoms with E-state index in [1.165, 1.54) is 17.0 Å². The van der Waals surface area contributed by atoms with Crippen LogP contribution < -0.4 is 4.90 Å². The van der Waals surface area contributed by atoms with E-state index < -0.39 is 5.60 Å². The third-order valence-corrected chi connectivity index (χ3v) is 10.3. The summed E-state index contributed by atoms with van der Waals surface area (Å²) in [5.41, 5.74) is 3.10. The molecule has 7 heterocycles. The van der Waals surface area contributed by atoms with Crippen molar-refractivity contribution in [1.82, 2.24) is 29.7 Å². The third kappa shape index (κ3) is 5.33. The van der Waals surface area contributed by atoms with E-state index in [4.69, 9.17) is 19.4 Å². The molecule has 3 aliphatic rings. The lowest BCUT2D eigenvalue weighted by Gasteiger charge is -2.30. The Kier molecular flexibility index (Phi) is 7.06. The number of aromatic nitrogens is 6. The van der Waals surface area contributed by atoms with Gasteiger partial charge in [-0.2, -0.15) is 9.89 Å². The number of anilines is 1. The predicted molar refractivity (Wildman–Crippen MR) is 162 cm³/mol. The lowest BCUT2D eigenvalue weighted by atomic mass is 10.0. The van der Waals surface area contributed by atoms with Crippen LogP contribution in [0, 0.1) is 0 Å². The fourth-order valence-electron chi connectivity index (χ4n) is 6.01. The van der Waals surface area contributed by atoms with Crippen LogP contribution in [0.1, 0.15) is 71.9 Å². The van der Waals surface area contributed by atoms with Crippen LogP contribution in [0.4, 0.5) is 9.93 Å². The van der Waals surface area contributed by atoms with Gasteiger partial charge in [0, 0.05) is 57.1 Å². The Morgan fingerprint density at radius 2 is 1.90 bits per heavy atom. The molecule has 1 fully saturated rings. The number of amides is 1. The van der Waals surface area contributed by atoms with Crippen LogP contribution in [0.2, 0.25) is 0 Å². The van der Waals surface area contributed by atoms with Crippen molar-refractivity contribution < 1.29 is 18.8 Å². The lowest BCUT2D eigenvalue weighted by Crippen LogP contribution is -2.46. The fourth-order valence-corrected chi connectivity index (χ4v) is 8.05. The summed E-state index contributed by atoms with van der Waals surface area (Å²) < 4.78 is 15.3. The highest BCUT2D eigenvalue weighted by molar-refractivity contribution is 7.29. The first-order chi connectivity index (χ1) is 20.2. The molecule has 3 aliphatic heterocycles. The maximum atomic E-state index is 12.8. The molecule has 2 bridgehead atoms. The number of carbonyl (C=O) groups is 1. The molecule has 7 rings (SSSR count). The molecule has 0 aromatic carbocycles. The molecule has 0 radical (unpaired) electrons. The monoisotopic (exact) mass is 607 g/mol. The zero-order chi connectivity index (χ0) is 29.0. The second-order valence-corrected chi connectivity index (χ2v) is 14.2. The number of nitrogens with zero attached hydrogens (tertiary/aromatic N) is 8. The number of hydrogen-bond donors (Lipinski definition) is 0. The van der Waals surface area contributed by atoms with E-state index in [1.807, 2.05) is 42.4 Å². The van der Waals surface area contributed by atoms with Gasteiger partial charge in [-0.3, -0.25) is 4.98 Å². The first kappa shape index (κ1) is 27.5. The zero-order valence-corrected chi connectivity index (χ0v) is 26.0. The molecule has 0 N–H and O–H groups in total. The van der Waals surface area contributed by atoms with Gasteiger partial charge in [0.1, 0.15) is 22.5 Å². The topological polar surface area (TPSA) is 111 Å². The Morgan fingerprint density at radius 3 is 2.62 bits per heavy atom. The standard InChI is InChI=1S/C29H35N8O3S2/c1-29(2,3)40-28(38)37-18-8-9-19(37)12-20(11-18)35(4)27-34-26-25(42-27)33-24(41-26)22-15-30-21(14-31-22)17-13-32-36(16-17)23-7-5-6-10-39-23/h13-16,18,20,23H,5-12H2,1-4H3/q+1/t18-,20-,23?/m0/s1. The zero-order valence-electron chi connectivity index (χ0n) is 24.3. The molecule has 220 valence electrons. The van der Waals surface area contributed by atoms with Crippen molar-refractivity contribution in [2.75, 3.05) is 18.6 Å². The van der Waals surface area contributed by atoms with Crippen LogP contribution >= 0.6 is 22.7 Å². The normalized spacial score (nSPS) is 22.6. The summed E-state index contributed by atoms with van der Waals surface area (Å²) in [7, 11) is 2.10. The Morgan fingerprint density at radius 1 is 1.10 bits per heavy atom. The summed E-state index contributed by atoms with van der Waals surface area (Å²) in [5.74, 6) is 0. The predicted octanol–water partition coefficient (Wildman–Crippen LogP) is 5.92. The number of rotatable bonds is 5. The third-order valence-electron chi connectivity index (χ3n) is 8.11. The van der Waals surface area contributed by atoms with Gasteiger partial charge in [0.15, 0.2) is 26.5 Å². The van der Waals surface area contributed by atoms with Gasteiger partial charge < -0.3 is 14.4 Å². The van der Waals surface area contributed by atoms with Crippen LogP contribution in [0.15, 0.2) is 24.8 Å². The minimum Gasteiger partial charge on any atom is -0.406 e. The van der Waals surface area contributed by atoms with Crippen molar-refractivity contribution in [3.05, 3.63) is 24.8 Å². The number of hydrogen-bond acceptors (Lipinski definition) is 11. The van der Waals surface area contributed by atoms with E-state index in [2.05, 4.69) is 27.0 Å². The van der Waals surface area contributed by atoms with Crippen LogP contribution in [0.3, 0.4) is 0 Å². The van der Waals surface area contributed by atoms with Crippen molar-refractivity contribution >= 4 is 49.3 Å². The van der Waals surface area contributed by atoms with Crippen LogP contribution in [0.5, 0.6) is 0 Å². The quantitative estimate of drug-likeness (QED) is 0.255. The van der Waals surface area contributed by atoms with Gasteiger partial charge in [0.2, 0.25) is 0 Å². The smallest absolute Gasteiger partial charge is 0.406 e. The van der Waals surface area contributed by atoms with E-state index in [-0.39, 0.29) is 18.4 Å². The number of fused-ring (bicyclic) bond motifs is 2. The number of thiazole rings is 2. The first-order valence-electron chi connectivity index (χ1n) is 14.6. The second kappa shape index (κ2) is 10.8. The summed E-state index contributed by atoms with van der Waals surface area (Å²) in [5, 5.41) is 6.25. The number of carbonyl (C=O) groups excluding carboxylic acids is 1. The molecule has 1 amide bonds. The van der Waals surface area contributed by atoms with E-state index in [1.54, 1.807) is 23.7 Å². The summed E-state index contributed by atoms with van der Waals surface area (Å²) in [6.45, 7) is 6.52. The van der Waals surface area contributed by atoms with Gasteiger partial charge in [-0.15, -0.1) is 4.58 Å². The van der Waals surface area contributed by atoms with Crippen molar-refractivity contribution in [2.45, 2.75) is 89.6 Å². The summed E-state index contributed by atoms with van der Waals surface area (Å²) in [6, 6.07) is 0.469. The maximum absolute atomic E-state index is 12.8. The molecule has 4 aromatic heterocycles. The molecule has 11 nitrogen and oxygen atoms in total. The molecule has 1 unspecified atom stereocenters. The molecule has 3 atom stereocenters. The van der Waals surface area contributed by atoms with E-state index >= 15 is 0 Å². The van der Waals surface area contributed by atoms with Gasteiger partial charge in [-0.1, -0.05) is 22.7 Å². The minimum atomic E-state index is -0.495. The van der Waals surface area contributed by atoms with Gasteiger partial charge in [-0.25, -0.2) is 19.6 Å². The highest BCUT2D eigenvalue weighted by atomic mass is 32.1. The Bertz CT molecular complexity index is 1610. The first-order valence-corrected chi connectivity index (χ1v) is 16.2. The van der Waals surface area contributed by atoms with E-state index in [0.29, 0.717) is 6.04 Å². The van der Waals surface area contributed by atoms with Gasteiger partial charge in [0.05, 0.1) is 24.3 Å². The highest BCUT2D eigenvalue weighted by Gasteiger charge is 2.47. The van der Waals surface area contributed by atoms with Crippen molar-refractivity contribution in [3.63, 3.8) is 0 Å². The summed E-state index contributed by atoms with van der Waals surface area (Å²) in [6.07, 6.45) is 14.0. The molecular formula is C29H35N8O3S2+. The average Bonchev–Trinajstić information content (AvgIpc) is 3.74. The average molecular weight is 608 g/mol. The fraction of sp³-hybridized carbons (Fsp3) is 0.552. The Labute approximate surface area is 252 Å². The molecule has 13 heteroatoms. The molecule has 0 aliphatic carbocycles. The molecule has 4 aromatic rings. The molecule has 1 saturated heterocycles. The molecule has 0 saturated carbocycles. The van der Waals surface area contributed by atoms with E-state index in [9.17, 15) is 4.79 Å². The SMILES string of the molecule is CN(c1nc2sc(-c3cnc(-c4cnn(C5CCCCO5)c4)cn3)nc2s1)[C@@H]1CC2=[N+](C(=O)OC(C)(C)C)[C@@H](CC2)C1. The maximum Gasteiger partial charge on any atom is 0.597 e. The lowest BCUT2D eigenvalue weighted by molar-refractivity contribution is -0.489. The minimum absolute atomic E-state index is 0.00152. The van der Waals surface area contributed by atoms with Crippen LogP contribution in [-0.2, 0) is 9.47 Å². The summed E-state index contributed by atoms with van der Waals surface area (Å²) in [4.78, 5) is 36.0. The summed E-state index contributed by atoms with van der Waals surface area (Å²) >= 11 is 3.13. The highest BCUT2D eigenvalue weighted by Crippen LogP contribution is 2.38. The Hall–Kier alpha value is -3.29.